The Hall–Kier alpha value is -2.15. The zero-order valence-electron chi connectivity index (χ0n) is 13.5. The van der Waals surface area contributed by atoms with Crippen LogP contribution in [0.5, 0.6) is 0 Å². The third kappa shape index (κ3) is 3.21. The molecule has 1 aromatic heterocycles. The first kappa shape index (κ1) is 16.7. The minimum Gasteiger partial charge on any atom is -0.326 e. The third-order valence-corrected chi connectivity index (χ3v) is 5.21. The molecule has 1 N–H and O–H groups in total. The number of hydrogen-bond donors (Lipinski definition) is 1. The van der Waals surface area contributed by atoms with Gasteiger partial charge in [0, 0.05) is 29.2 Å². The summed E-state index contributed by atoms with van der Waals surface area (Å²) in [5.74, 6) is -0.444. The number of fused-ring (bicyclic) bond motifs is 1. The number of anilines is 1. The molecule has 0 spiro atoms. The molecule has 1 atom stereocenters. The molecular formula is C17H18FN3O2S. The number of aryl methyl sites for hydroxylation is 1. The Kier molecular flexibility index (Phi) is 4.71. The first-order valence-corrected chi connectivity index (χ1v) is 8.77. The molecule has 1 aliphatic rings. The summed E-state index contributed by atoms with van der Waals surface area (Å²) in [5, 5.41) is 3.37. The molecule has 3 rings (SSSR count). The van der Waals surface area contributed by atoms with E-state index in [2.05, 4.69) is 10.3 Å². The lowest BCUT2D eigenvalue weighted by atomic mass is 10.1. The average Bonchev–Trinajstić information content (AvgIpc) is 2.55. The maximum Gasteiger partial charge on any atom is 0.257 e. The van der Waals surface area contributed by atoms with E-state index in [0.717, 1.165) is 5.69 Å². The van der Waals surface area contributed by atoms with E-state index in [1.54, 1.807) is 16.7 Å². The van der Waals surface area contributed by atoms with Crippen LogP contribution in [0.1, 0.15) is 18.2 Å². The minimum absolute atomic E-state index is 0.0734. The standard InChI is InChI=1S/C17H18FN3O2S/c1-3-14-10(2)19-17-21(16(14)23)8-11(9-24-17)15(22)20-13-6-4-5-12(18)7-13/h4-7,11H,3,8-9H2,1-2H3,(H,20,22). The first-order chi connectivity index (χ1) is 11.5. The van der Waals surface area contributed by atoms with E-state index >= 15 is 0 Å². The molecule has 24 heavy (non-hydrogen) atoms. The summed E-state index contributed by atoms with van der Waals surface area (Å²) in [6.45, 7) is 4.05. The molecule has 2 aromatic rings. The number of thioether (sulfide) groups is 1. The molecule has 7 heteroatoms. The number of nitrogens with zero attached hydrogens (tertiary/aromatic N) is 2. The minimum atomic E-state index is -0.403. The smallest absolute Gasteiger partial charge is 0.257 e. The van der Waals surface area contributed by atoms with E-state index in [0.29, 0.717) is 35.1 Å². The van der Waals surface area contributed by atoms with Gasteiger partial charge in [0.1, 0.15) is 5.82 Å². The topological polar surface area (TPSA) is 64.0 Å². The van der Waals surface area contributed by atoms with Gasteiger partial charge in [0.05, 0.1) is 5.92 Å². The summed E-state index contributed by atoms with van der Waals surface area (Å²) in [6.07, 6.45) is 0.614. The van der Waals surface area contributed by atoms with Gasteiger partial charge in [-0.05, 0) is 31.5 Å². The number of carbonyl (C=O) groups excluding carboxylic acids is 1. The summed E-state index contributed by atoms with van der Waals surface area (Å²) >= 11 is 1.40. The van der Waals surface area contributed by atoms with Gasteiger partial charge in [-0.25, -0.2) is 9.37 Å². The summed E-state index contributed by atoms with van der Waals surface area (Å²) in [6, 6.07) is 5.77. The Balaban J connectivity index is 1.82. The van der Waals surface area contributed by atoms with Crippen molar-refractivity contribution in [1.82, 2.24) is 9.55 Å². The predicted molar refractivity (Wildman–Crippen MR) is 91.9 cm³/mol. The lowest BCUT2D eigenvalue weighted by Crippen LogP contribution is -2.38. The van der Waals surface area contributed by atoms with Gasteiger partial charge in [-0.3, -0.25) is 14.2 Å². The second kappa shape index (κ2) is 6.76. The normalized spacial score (nSPS) is 16.5. The van der Waals surface area contributed by atoms with E-state index in [-0.39, 0.29) is 17.4 Å². The zero-order chi connectivity index (χ0) is 17.3. The van der Waals surface area contributed by atoms with Crippen LogP contribution in [0.15, 0.2) is 34.2 Å². The number of amides is 1. The zero-order valence-corrected chi connectivity index (χ0v) is 14.3. The van der Waals surface area contributed by atoms with Gasteiger partial charge < -0.3 is 5.32 Å². The Morgan fingerprint density at radius 2 is 2.29 bits per heavy atom. The van der Waals surface area contributed by atoms with Crippen molar-refractivity contribution in [1.29, 1.82) is 0 Å². The van der Waals surface area contributed by atoms with Crippen molar-refractivity contribution in [3.05, 3.63) is 51.7 Å². The largest absolute Gasteiger partial charge is 0.326 e. The monoisotopic (exact) mass is 347 g/mol. The average molecular weight is 347 g/mol. The Bertz CT molecular complexity index is 850. The van der Waals surface area contributed by atoms with Gasteiger partial charge in [-0.2, -0.15) is 0 Å². The van der Waals surface area contributed by atoms with Crippen LogP contribution in [0.25, 0.3) is 0 Å². The quantitative estimate of drug-likeness (QED) is 0.867. The molecule has 0 radical (unpaired) electrons. The van der Waals surface area contributed by atoms with Crippen molar-refractivity contribution in [3.8, 4) is 0 Å². The second-order valence-electron chi connectivity index (χ2n) is 5.74. The van der Waals surface area contributed by atoms with E-state index < -0.39 is 5.82 Å². The summed E-state index contributed by atoms with van der Waals surface area (Å²) in [7, 11) is 0. The maximum absolute atomic E-state index is 13.2. The Morgan fingerprint density at radius 3 is 3.00 bits per heavy atom. The van der Waals surface area contributed by atoms with Crippen molar-refractivity contribution in [2.45, 2.75) is 32.0 Å². The first-order valence-electron chi connectivity index (χ1n) is 7.79. The van der Waals surface area contributed by atoms with Crippen LogP contribution >= 0.6 is 11.8 Å². The lowest BCUT2D eigenvalue weighted by molar-refractivity contribution is -0.119. The molecule has 5 nitrogen and oxygen atoms in total. The van der Waals surface area contributed by atoms with Gasteiger partial charge in [0.2, 0.25) is 5.91 Å². The molecule has 1 amide bonds. The number of halogens is 1. The number of nitrogens with one attached hydrogen (secondary N) is 1. The van der Waals surface area contributed by atoms with Crippen LogP contribution in [-0.2, 0) is 17.8 Å². The molecular weight excluding hydrogens is 329 g/mol. The van der Waals surface area contributed by atoms with E-state index in [1.807, 2.05) is 13.8 Å². The molecule has 0 saturated carbocycles. The maximum atomic E-state index is 13.2. The molecule has 1 unspecified atom stereocenters. The van der Waals surface area contributed by atoms with Crippen molar-refractivity contribution in [3.63, 3.8) is 0 Å². The van der Waals surface area contributed by atoms with Crippen LogP contribution in [-0.4, -0.2) is 21.2 Å². The predicted octanol–water partition coefficient (Wildman–Crippen LogP) is 2.61. The molecule has 0 bridgehead atoms. The Morgan fingerprint density at radius 1 is 1.50 bits per heavy atom. The van der Waals surface area contributed by atoms with Gasteiger partial charge in [-0.1, -0.05) is 24.8 Å². The SMILES string of the molecule is CCc1c(C)nc2n(c1=O)CC(C(=O)Nc1cccc(F)c1)CS2. The highest BCUT2D eigenvalue weighted by molar-refractivity contribution is 7.99. The van der Waals surface area contributed by atoms with Crippen LogP contribution in [0.3, 0.4) is 0 Å². The fraction of sp³-hybridized carbons (Fsp3) is 0.353. The lowest BCUT2D eigenvalue weighted by Gasteiger charge is -2.25. The van der Waals surface area contributed by atoms with Crippen molar-refractivity contribution >= 4 is 23.4 Å². The van der Waals surface area contributed by atoms with Crippen LogP contribution in [0.4, 0.5) is 10.1 Å². The van der Waals surface area contributed by atoms with Gasteiger partial charge in [-0.15, -0.1) is 0 Å². The highest BCUT2D eigenvalue weighted by Crippen LogP contribution is 2.26. The van der Waals surface area contributed by atoms with E-state index in [4.69, 9.17) is 0 Å². The molecule has 126 valence electrons. The number of rotatable bonds is 3. The molecule has 2 heterocycles. The number of carbonyl (C=O) groups is 1. The van der Waals surface area contributed by atoms with Crippen molar-refractivity contribution in [2.24, 2.45) is 5.92 Å². The second-order valence-corrected chi connectivity index (χ2v) is 6.72. The van der Waals surface area contributed by atoms with E-state index in [9.17, 15) is 14.0 Å². The van der Waals surface area contributed by atoms with E-state index in [1.165, 1.54) is 23.9 Å². The van der Waals surface area contributed by atoms with Gasteiger partial charge >= 0.3 is 0 Å². The summed E-state index contributed by atoms with van der Waals surface area (Å²) in [4.78, 5) is 29.5. The highest BCUT2D eigenvalue weighted by atomic mass is 32.2. The van der Waals surface area contributed by atoms with Crippen LogP contribution in [0.2, 0.25) is 0 Å². The number of benzene rings is 1. The number of hydrogen-bond acceptors (Lipinski definition) is 4. The molecule has 0 saturated heterocycles. The highest BCUT2D eigenvalue weighted by Gasteiger charge is 2.28. The fourth-order valence-electron chi connectivity index (χ4n) is 2.77. The van der Waals surface area contributed by atoms with Gasteiger partial charge in [0.25, 0.3) is 5.56 Å². The molecule has 1 aromatic carbocycles. The molecule has 0 aliphatic carbocycles. The van der Waals surface area contributed by atoms with Crippen molar-refractivity contribution < 1.29 is 9.18 Å². The van der Waals surface area contributed by atoms with Crippen LogP contribution < -0.4 is 10.9 Å². The molecule has 0 fully saturated rings. The van der Waals surface area contributed by atoms with Gasteiger partial charge in [0.15, 0.2) is 5.16 Å². The van der Waals surface area contributed by atoms with Crippen LogP contribution in [0, 0.1) is 18.7 Å². The fourth-order valence-corrected chi connectivity index (χ4v) is 3.89. The third-order valence-electron chi connectivity index (χ3n) is 4.07. The summed E-state index contributed by atoms with van der Waals surface area (Å²) < 4.78 is 14.8. The summed E-state index contributed by atoms with van der Waals surface area (Å²) in [5.41, 5.74) is 1.78. The Labute approximate surface area is 143 Å². The van der Waals surface area contributed by atoms with Crippen molar-refractivity contribution in [2.75, 3.05) is 11.1 Å². The number of aromatic nitrogens is 2. The molecule has 1 aliphatic heterocycles.